The van der Waals surface area contributed by atoms with Crippen LogP contribution in [0.2, 0.25) is 0 Å². The minimum Gasteiger partial charge on any atom is -0.481 e. The van der Waals surface area contributed by atoms with E-state index in [4.69, 9.17) is 5.11 Å². The summed E-state index contributed by atoms with van der Waals surface area (Å²) in [5.74, 6) is -0.766. The molecule has 3 heteroatoms. The predicted molar refractivity (Wildman–Crippen MR) is 115 cm³/mol. The summed E-state index contributed by atoms with van der Waals surface area (Å²) in [5.41, 5.74) is 0. The van der Waals surface area contributed by atoms with E-state index in [1.165, 1.54) is 0 Å². The summed E-state index contributed by atoms with van der Waals surface area (Å²) in [6, 6.07) is 0. The van der Waals surface area contributed by atoms with Crippen molar-refractivity contribution in [1.82, 2.24) is 0 Å². The van der Waals surface area contributed by atoms with Gasteiger partial charge in [-0.3, -0.25) is 9.59 Å². The number of carbonyl (C=O) groups excluding carboxylic acids is 1. The minimum absolute atomic E-state index is 0.0427. The fourth-order valence-electron chi connectivity index (χ4n) is 2.13. The highest BCUT2D eigenvalue weighted by Crippen LogP contribution is 2.01. The van der Waals surface area contributed by atoms with Gasteiger partial charge in [0.05, 0.1) is 0 Å². The van der Waals surface area contributed by atoms with Gasteiger partial charge in [0.1, 0.15) is 0 Å². The monoisotopic (exact) mass is 370 g/mol. The van der Waals surface area contributed by atoms with Crippen LogP contribution in [0.25, 0.3) is 0 Å². The van der Waals surface area contributed by atoms with Crippen molar-refractivity contribution in [1.29, 1.82) is 0 Å². The van der Waals surface area contributed by atoms with Gasteiger partial charge < -0.3 is 5.11 Å². The molecule has 0 radical (unpaired) electrons. The highest BCUT2D eigenvalue weighted by atomic mass is 16.4. The summed E-state index contributed by atoms with van der Waals surface area (Å²) in [6.07, 6.45) is 31.0. The molecule has 27 heavy (non-hydrogen) atoms. The van der Waals surface area contributed by atoms with E-state index in [2.05, 4.69) is 55.5 Å². The Hall–Kier alpha value is -2.42. The van der Waals surface area contributed by atoms with Crippen molar-refractivity contribution in [3.05, 3.63) is 72.9 Å². The number of carboxylic acids is 1. The molecule has 0 spiro atoms. The van der Waals surface area contributed by atoms with Crippen LogP contribution < -0.4 is 0 Å². The molecule has 0 atom stereocenters. The zero-order valence-electron chi connectivity index (χ0n) is 16.6. The maximum absolute atomic E-state index is 11.5. The summed E-state index contributed by atoms with van der Waals surface area (Å²) in [5, 5.41) is 8.52. The number of carbonyl (C=O) groups is 2. The van der Waals surface area contributed by atoms with Crippen LogP contribution in [0.4, 0.5) is 0 Å². The summed E-state index contributed by atoms with van der Waals surface area (Å²) in [6.45, 7) is 2.14. The van der Waals surface area contributed by atoms with E-state index in [9.17, 15) is 9.59 Å². The lowest BCUT2D eigenvalue weighted by molar-refractivity contribution is -0.137. The highest BCUT2D eigenvalue weighted by molar-refractivity contribution is 5.89. The molecule has 0 aliphatic heterocycles. The summed E-state index contributed by atoms with van der Waals surface area (Å²) in [4.78, 5) is 21.9. The Morgan fingerprint density at radius 3 is 1.67 bits per heavy atom. The molecule has 0 aliphatic rings. The number of aliphatic carboxylic acids is 1. The van der Waals surface area contributed by atoms with Crippen LogP contribution in [0.15, 0.2) is 72.9 Å². The van der Waals surface area contributed by atoms with Crippen LogP contribution in [0.1, 0.15) is 64.7 Å². The molecule has 0 aromatic carbocycles. The van der Waals surface area contributed by atoms with E-state index in [1.807, 2.05) is 12.2 Å². The fraction of sp³-hybridized carbons (Fsp3) is 0.417. The summed E-state index contributed by atoms with van der Waals surface area (Å²) in [7, 11) is 0. The van der Waals surface area contributed by atoms with Gasteiger partial charge in [-0.25, -0.2) is 0 Å². The number of carboxylic acid groups (broad SMARTS) is 1. The summed E-state index contributed by atoms with van der Waals surface area (Å²) < 4.78 is 0. The number of ketones is 1. The van der Waals surface area contributed by atoms with Crippen LogP contribution in [-0.2, 0) is 9.59 Å². The van der Waals surface area contributed by atoms with E-state index in [0.29, 0.717) is 19.3 Å². The second-order valence-electron chi connectivity index (χ2n) is 6.09. The van der Waals surface area contributed by atoms with Gasteiger partial charge in [0, 0.05) is 12.8 Å². The summed E-state index contributed by atoms with van der Waals surface area (Å²) >= 11 is 0. The second-order valence-corrected chi connectivity index (χ2v) is 6.09. The molecule has 0 saturated carbocycles. The van der Waals surface area contributed by atoms with Gasteiger partial charge in [0.2, 0.25) is 0 Å². The Morgan fingerprint density at radius 2 is 1.15 bits per heavy atom. The Morgan fingerprint density at radius 1 is 0.667 bits per heavy atom. The Kier molecular flexibility index (Phi) is 18.1. The van der Waals surface area contributed by atoms with Crippen molar-refractivity contribution in [3.63, 3.8) is 0 Å². The largest absolute Gasteiger partial charge is 0.481 e. The molecule has 0 bridgehead atoms. The first-order valence-corrected chi connectivity index (χ1v) is 9.84. The standard InChI is InChI=1S/C24H34O3/c1-2-3-4-5-6-7-8-9-10-11-12-13-14-15-16-17-20-23(25)21-18-19-22-24(26)27/h3-4,6-7,9-10,12-13,15-17,20H,2,5,8,11,14,18-19,21-22H2,1H3,(H,26,27)/b4-3+,7-6+,10-9+,13-12+,16-15+,20-17+. The maximum atomic E-state index is 11.5. The minimum atomic E-state index is -0.809. The molecule has 0 aromatic rings. The molecule has 0 amide bonds. The fourth-order valence-corrected chi connectivity index (χ4v) is 2.13. The van der Waals surface area contributed by atoms with Gasteiger partial charge >= 0.3 is 5.97 Å². The van der Waals surface area contributed by atoms with Gasteiger partial charge in [-0.05, 0) is 51.0 Å². The molecule has 0 unspecified atom stereocenters. The Labute approximate surface area is 164 Å². The third kappa shape index (κ3) is 21.5. The zero-order chi connectivity index (χ0) is 20.0. The Balaban J connectivity index is 3.66. The van der Waals surface area contributed by atoms with E-state index in [0.717, 1.165) is 32.1 Å². The lowest BCUT2D eigenvalue weighted by atomic mass is 10.1. The van der Waals surface area contributed by atoms with Crippen LogP contribution in [0.3, 0.4) is 0 Å². The van der Waals surface area contributed by atoms with Crippen LogP contribution in [-0.4, -0.2) is 16.9 Å². The lowest BCUT2D eigenvalue weighted by Crippen LogP contribution is -1.96. The van der Waals surface area contributed by atoms with Gasteiger partial charge in [-0.1, -0.05) is 73.8 Å². The topological polar surface area (TPSA) is 54.4 Å². The van der Waals surface area contributed by atoms with Crippen molar-refractivity contribution >= 4 is 11.8 Å². The molecule has 1 N–H and O–H groups in total. The number of unbranched alkanes of at least 4 members (excludes halogenated alkanes) is 1. The van der Waals surface area contributed by atoms with Crippen molar-refractivity contribution < 1.29 is 14.7 Å². The van der Waals surface area contributed by atoms with Gasteiger partial charge in [0.25, 0.3) is 0 Å². The predicted octanol–water partition coefficient (Wildman–Crippen LogP) is 6.51. The molecular formula is C24H34O3. The first kappa shape index (κ1) is 24.6. The average molecular weight is 371 g/mol. The van der Waals surface area contributed by atoms with Gasteiger partial charge in [-0.2, -0.15) is 0 Å². The first-order valence-electron chi connectivity index (χ1n) is 9.84. The third-order valence-electron chi connectivity index (χ3n) is 3.58. The van der Waals surface area contributed by atoms with Crippen molar-refractivity contribution in [2.75, 3.05) is 0 Å². The molecular weight excluding hydrogens is 336 g/mol. The van der Waals surface area contributed by atoms with E-state index in [1.54, 1.807) is 12.2 Å². The van der Waals surface area contributed by atoms with Crippen molar-refractivity contribution in [3.8, 4) is 0 Å². The molecule has 0 rings (SSSR count). The van der Waals surface area contributed by atoms with Crippen LogP contribution in [0, 0.1) is 0 Å². The zero-order valence-corrected chi connectivity index (χ0v) is 16.6. The van der Waals surface area contributed by atoms with E-state index < -0.39 is 5.97 Å². The normalized spacial score (nSPS) is 12.8. The SMILES string of the molecule is CC/C=C/C/C=C/C/C=C/C/C=C/C/C=C/C=C/C(=O)CCCCC(=O)O. The maximum Gasteiger partial charge on any atom is 0.303 e. The molecule has 0 saturated heterocycles. The molecule has 0 aromatic heterocycles. The molecule has 0 aliphatic carbocycles. The second kappa shape index (κ2) is 19.9. The number of hydrogen-bond acceptors (Lipinski definition) is 2. The average Bonchev–Trinajstić information content (AvgIpc) is 2.64. The first-order chi connectivity index (χ1) is 13.2. The number of rotatable bonds is 16. The van der Waals surface area contributed by atoms with Gasteiger partial charge in [-0.15, -0.1) is 0 Å². The molecule has 0 fully saturated rings. The highest BCUT2D eigenvalue weighted by Gasteiger charge is 1.99. The van der Waals surface area contributed by atoms with Crippen LogP contribution in [0.5, 0.6) is 0 Å². The van der Waals surface area contributed by atoms with E-state index >= 15 is 0 Å². The lowest BCUT2D eigenvalue weighted by Gasteiger charge is -1.94. The quantitative estimate of drug-likeness (QED) is 0.146. The van der Waals surface area contributed by atoms with Crippen LogP contribution >= 0.6 is 0 Å². The number of allylic oxidation sites excluding steroid dienone is 12. The molecule has 0 heterocycles. The van der Waals surface area contributed by atoms with E-state index in [-0.39, 0.29) is 12.2 Å². The van der Waals surface area contributed by atoms with Gasteiger partial charge in [0.15, 0.2) is 5.78 Å². The third-order valence-corrected chi connectivity index (χ3v) is 3.58. The van der Waals surface area contributed by atoms with Crippen molar-refractivity contribution in [2.45, 2.75) is 64.7 Å². The smallest absolute Gasteiger partial charge is 0.303 e. The molecule has 148 valence electrons. The Bertz CT molecular complexity index is 560. The molecule has 3 nitrogen and oxygen atoms in total. The van der Waals surface area contributed by atoms with Crippen molar-refractivity contribution in [2.24, 2.45) is 0 Å². The number of hydrogen-bond donors (Lipinski definition) is 1.